The monoisotopic (exact) mass is 264 g/mol. The van der Waals surface area contributed by atoms with E-state index in [1.54, 1.807) is 0 Å². The summed E-state index contributed by atoms with van der Waals surface area (Å²) in [7, 11) is 0. The van der Waals surface area contributed by atoms with Crippen LogP contribution < -0.4 is 0 Å². The molecule has 1 rings (SSSR count). The molecule has 1 aromatic carbocycles. The van der Waals surface area contributed by atoms with Gasteiger partial charge in [0.15, 0.2) is 0 Å². The summed E-state index contributed by atoms with van der Waals surface area (Å²) < 4.78 is 5.58. The molecule has 0 heterocycles. The van der Waals surface area contributed by atoms with Crippen LogP contribution in [0.3, 0.4) is 0 Å². The number of aliphatic hydroxyl groups excluding tert-OH is 1. The van der Waals surface area contributed by atoms with Gasteiger partial charge in [0.05, 0.1) is 12.7 Å². The van der Waals surface area contributed by atoms with Crippen molar-refractivity contribution in [3.8, 4) is 0 Å². The highest BCUT2D eigenvalue weighted by Crippen LogP contribution is 2.09. The van der Waals surface area contributed by atoms with Gasteiger partial charge in [-0.3, -0.25) is 0 Å². The van der Waals surface area contributed by atoms with Crippen LogP contribution in [0.5, 0.6) is 0 Å². The largest absolute Gasteiger partial charge is 0.393 e. The zero-order valence-electron chi connectivity index (χ0n) is 12.2. The molecule has 0 saturated heterocycles. The Morgan fingerprint density at radius 1 is 1.00 bits per heavy atom. The van der Waals surface area contributed by atoms with E-state index in [9.17, 15) is 5.11 Å². The third-order valence-corrected chi connectivity index (χ3v) is 3.35. The Kier molecular flexibility index (Phi) is 9.38. The normalized spacial score (nSPS) is 12.5. The van der Waals surface area contributed by atoms with Crippen molar-refractivity contribution in [3.63, 3.8) is 0 Å². The predicted molar refractivity (Wildman–Crippen MR) is 80.1 cm³/mol. The molecule has 1 atom stereocenters. The van der Waals surface area contributed by atoms with E-state index in [0.29, 0.717) is 13.2 Å². The van der Waals surface area contributed by atoms with E-state index in [0.717, 1.165) is 19.3 Å². The smallest absolute Gasteiger partial charge is 0.0716 e. The minimum Gasteiger partial charge on any atom is -0.393 e. The summed E-state index contributed by atoms with van der Waals surface area (Å²) in [5.74, 6) is 0. The maximum atomic E-state index is 9.82. The van der Waals surface area contributed by atoms with E-state index >= 15 is 0 Å². The molecule has 0 aliphatic carbocycles. The zero-order chi connectivity index (χ0) is 13.8. The van der Waals surface area contributed by atoms with Crippen LogP contribution in [0, 0.1) is 0 Å². The number of unbranched alkanes of at least 4 members (excludes halogenated alkanes) is 4. The first kappa shape index (κ1) is 16.2. The van der Waals surface area contributed by atoms with Crippen molar-refractivity contribution in [2.75, 3.05) is 6.61 Å². The molecule has 0 aromatic heterocycles. The molecule has 0 spiro atoms. The van der Waals surface area contributed by atoms with E-state index in [-0.39, 0.29) is 6.10 Å². The molecule has 0 aliphatic heterocycles. The quantitative estimate of drug-likeness (QED) is 0.603. The summed E-state index contributed by atoms with van der Waals surface area (Å²) >= 11 is 0. The lowest BCUT2D eigenvalue weighted by molar-refractivity contribution is 0.0689. The van der Waals surface area contributed by atoms with E-state index in [1.165, 1.54) is 31.2 Å². The third-order valence-electron chi connectivity index (χ3n) is 3.35. The maximum absolute atomic E-state index is 9.82. The minimum absolute atomic E-state index is 0.197. The van der Waals surface area contributed by atoms with Gasteiger partial charge in [-0.2, -0.15) is 0 Å². The lowest BCUT2D eigenvalue weighted by Gasteiger charge is -2.10. The zero-order valence-corrected chi connectivity index (χ0v) is 12.2. The highest BCUT2D eigenvalue weighted by Gasteiger charge is 2.03. The lowest BCUT2D eigenvalue weighted by Crippen LogP contribution is -2.10. The molecule has 2 heteroatoms. The van der Waals surface area contributed by atoms with Crippen molar-refractivity contribution >= 4 is 0 Å². The number of benzene rings is 1. The van der Waals surface area contributed by atoms with Gasteiger partial charge in [-0.1, -0.05) is 69.4 Å². The molecule has 1 aromatic rings. The Hall–Kier alpha value is -0.860. The van der Waals surface area contributed by atoms with Crippen LogP contribution in [0.25, 0.3) is 0 Å². The molecule has 0 fully saturated rings. The van der Waals surface area contributed by atoms with E-state index in [2.05, 4.69) is 19.1 Å². The molecule has 2 nitrogen and oxygen atoms in total. The van der Waals surface area contributed by atoms with Crippen LogP contribution in [0.1, 0.15) is 57.4 Å². The molecule has 0 aliphatic rings. The van der Waals surface area contributed by atoms with Gasteiger partial charge in [0.1, 0.15) is 0 Å². The highest BCUT2D eigenvalue weighted by molar-refractivity contribution is 5.13. The van der Waals surface area contributed by atoms with Gasteiger partial charge in [0.25, 0.3) is 0 Å². The fourth-order valence-corrected chi connectivity index (χ4v) is 2.11. The van der Waals surface area contributed by atoms with Crippen molar-refractivity contribution in [3.05, 3.63) is 35.9 Å². The van der Waals surface area contributed by atoms with Gasteiger partial charge in [0.2, 0.25) is 0 Å². The SMILES string of the molecule is CCCCCCC[C@@H](O)CCOCc1ccccc1. The van der Waals surface area contributed by atoms with Crippen molar-refractivity contribution in [2.45, 2.75) is 64.6 Å². The summed E-state index contributed by atoms with van der Waals surface area (Å²) in [4.78, 5) is 0. The summed E-state index contributed by atoms with van der Waals surface area (Å²) in [6.45, 7) is 3.51. The van der Waals surface area contributed by atoms with Crippen LogP contribution in [0.4, 0.5) is 0 Å². The topological polar surface area (TPSA) is 29.5 Å². The summed E-state index contributed by atoms with van der Waals surface area (Å²) in [5.41, 5.74) is 1.19. The van der Waals surface area contributed by atoms with Crippen LogP contribution in [-0.2, 0) is 11.3 Å². The molecule has 0 saturated carbocycles. The van der Waals surface area contributed by atoms with Crippen LogP contribution in [0.2, 0.25) is 0 Å². The van der Waals surface area contributed by atoms with E-state index < -0.39 is 0 Å². The van der Waals surface area contributed by atoms with Crippen molar-refractivity contribution in [2.24, 2.45) is 0 Å². The predicted octanol–water partition coefficient (Wildman–Crippen LogP) is 4.31. The number of ether oxygens (including phenoxy) is 1. The average molecular weight is 264 g/mol. The number of hydrogen-bond acceptors (Lipinski definition) is 2. The molecule has 0 radical (unpaired) electrons. The van der Waals surface area contributed by atoms with Gasteiger partial charge >= 0.3 is 0 Å². The van der Waals surface area contributed by atoms with Gasteiger partial charge in [-0.05, 0) is 18.4 Å². The summed E-state index contributed by atoms with van der Waals surface area (Å²) in [6.07, 6.45) is 7.74. The van der Waals surface area contributed by atoms with Crippen molar-refractivity contribution < 1.29 is 9.84 Å². The maximum Gasteiger partial charge on any atom is 0.0716 e. The van der Waals surface area contributed by atoms with Crippen molar-refractivity contribution in [1.29, 1.82) is 0 Å². The molecular weight excluding hydrogens is 236 g/mol. The number of rotatable bonds is 11. The van der Waals surface area contributed by atoms with E-state index in [1.807, 2.05) is 18.2 Å². The second-order valence-electron chi connectivity index (χ2n) is 5.18. The minimum atomic E-state index is -0.197. The fraction of sp³-hybridized carbons (Fsp3) is 0.647. The Balaban J connectivity index is 1.94. The summed E-state index contributed by atoms with van der Waals surface area (Å²) in [5, 5.41) is 9.82. The fourth-order valence-electron chi connectivity index (χ4n) is 2.11. The van der Waals surface area contributed by atoms with Crippen molar-refractivity contribution in [1.82, 2.24) is 0 Å². The van der Waals surface area contributed by atoms with Gasteiger partial charge in [-0.25, -0.2) is 0 Å². The number of aliphatic hydroxyl groups is 1. The second kappa shape index (κ2) is 11.0. The molecule has 0 amide bonds. The molecule has 1 N–H and O–H groups in total. The highest BCUT2D eigenvalue weighted by atomic mass is 16.5. The second-order valence-corrected chi connectivity index (χ2v) is 5.18. The molecule has 0 bridgehead atoms. The molecular formula is C17H28O2. The van der Waals surface area contributed by atoms with Crippen LogP contribution in [-0.4, -0.2) is 17.8 Å². The molecule has 0 unspecified atom stereocenters. The third kappa shape index (κ3) is 8.79. The Morgan fingerprint density at radius 2 is 1.74 bits per heavy atom. The Labute approximate surface area is 117 Å². The van der Waals surface area contributed by atoms with Crippen LogP contribution in [0.15, 0.2) is 30.3 Å². The summed E-state index contributed by atoms with van der Waals surface area (Å²) in [6, 6.07) is 10.2. The van der Waals surface area contributed by atoms with E-state index in [4.69, 9.17) is 4.74 Å². The van der Waals surface area contributed by atoms with Gasteiger partial charge in [-0.15, -0.1) is 0 Å². The number of hydrogen-bond donors (Lipinski definition) is 1. The van der Waals surface area contributed by atoms with Gasteiger partial charge < -0.3 is 9.84 Å². The molecule has 19 heavy (non-hydrogen) atoms. The Morgan fingerprint density at radius 3 is 2.47 bits per heavy atom. The Bertz CT molecular complexity index is 297. The first-order valence-electron chi connectivity index (χ1n) is 7.62. The lowest BCUT2D eigenvalue weighted by atomic mass is 10.1. The van der Waals surface area contributed by atoms with Gasteiger partial charge in [0, 0.05) is 6.61 Å². The van der Waals surface area contributed by atoms with Crippen LogP contribution >= 0.6 is 0 Å². The standard InChI is InChI=1S/C17H28O2/c1-2-3-4-5-9-12-17(18)13-14-19-15-16-10-7-6-8-11-16/h6-8,10-11,17-18H,2-5,9,12-15H2,1H3/t17-/m1/s1. The first-order valence-corrected chi connectivity index (χ1v) is 7.62. The molecule has 108 valence electrons. The average Bonchev–Trinajstić information content (AvgIpc) is 2.44. The first-order chi connectivity index (χ1) is 9.33.